The summed E-state index contributed by atoms with van der Waals surface area (Å²) in [7, 11) is 1.72. The number of benzene rings is 1. The van der Waals surface area contributed by atoms with Crippen LogP contribution < -0.4 is 5.32 Å². The average molecular weight is 322 g/mol. The number of ether oxygens (including phenoxy) is 1. The van der Waals surface area contributed by atoms with Gasteiger partial charge in [-0.3, -0.25) is 0 Å². The third kappa shape index (κ3) is 2.94. The molecule has 1 atom stereocenters. The maximum atomic E-state index is 9.69. The van der Waals surface area contributed by atoms with E-state index in [4.69, 9.17) is 16.3 Å². The zero-order valence-electron chi connectivity index (χ0n) is 12.5. The molecule has 0 saturated heterocycles. The molecule has 4 nitrogen and oxygen atoms in total. The highest BCUT2D eigenvalue weighted by Gasteiger charge is 2.26. The number of aromatic hydroxyl groups is 2. The van der Waals surface area contributed by atoms with Gasteiger partial charge in [0.1, 0.15) is 0 Å². The molecule has 118 valence electrons. The zero-order valence-corrected chi connectivity index (χ0v) is 13.3. The first-order valence-electron chi connectivity index (χ1n) is 7.46. The van der Waals surface area contributed by atoms with Gasteiger partial charge in [-0.2, -0.15) is 0 Å². The van der Waals surface area contributed by atoms with Gasteiger partial charge in [0.2, 0.25) is 0 Å². The number of halogens is 1. The van der Waals surface area contributed by atoms with Gasteiger partial charge in [-0.1, -0.05) is 17.2 Å². The van der Waals surface area contributed by atoms with Crippen molar-refractivity contribution in [2.24, 2.45) is 0 Å². The summed E-state index contributed by atoms with van der Waals surface area (Å²) in [4.78, 5) is 0. The van der Waals surface area contributed by atoms with Crippen molar-refractivity contribution in [1.29, 1.82) is 0 Å². The van der Waals surface area contributed by atoms with Gasteiger partial charge in [-0.25, -0.2) is 0 Å². The highest BCUT2D eigenvalue weighted by molar-refractivity contribution is 6.31. The van der Waals surface area contributed by atoms with Crippen molar-refractivity contribution < 1.29 is 14.9 Å². The number of methoxy groups -OCH3 is 1. The van der Waals surface area contributed by atoms with E-state index < -0.39 is 0 Å². The van der Waals surface area contributed by atoms with Gasteiger partial charge in [-0.15, -0.1) is 0 Å². The summed E-state index contributed by atoms with van der Waals surface area (Å²) in [6.07, 6.45) is 5.65. The van der Waals surface area contributed by atoms with E-state index in [0.29, 0.717) is 11.4 Å². The third-order valence-corrected chi connectivity index (χ3v) is 4.81. The van der Waals surface area contributed by atoms with Gasteiger partial charge in [0, 0.05) is 23.6 Å². The minimum absolute atomic E-state index is 0.130. The normalized spacial score (nSPS) is 21.4. The van der Waals surface area contributed by atoms with Crippen LogP contribution in [0.25, 0.3) is 0 Å². The molecule has 0 bridgehead atoms. The first-order valence-corrected chi connectivity index (χ1v) is 7.84. The summed E-state index contributed by atoms with van der Waals surface area (Å²) in [5, 5.41) is 23.2. The highest BCUT2D eigenvalue weighted by atomic mass is 35.5. The summed E-state index contributed by atoms with van der Waals surface area (Å²) < 4.78 is 5.37. The molecule has 0 unspecified atom stereocenters. The van der Waals surface area contributed by atoms with Crippen LogP contribution in [0.1, 0.15) is 24.8 Å². The largest absolute Gasteiger partial charge is 0.504 e. The van der Waals surface area contributed by atoms with Gasteiger partial charge in [0.15, 0.2) is 11.5 Å². The number of allylic oxidation sites excluding steroid dienone is 2. The van der Waals surface area contributed by atoms with Gasteiger partial charge in [-0.05, 0) is 49.1 Å². The van der Waals surface area contributed by atoms with Crippen LogP contribution in [0.2, 0.25) is 5.02 Å². The Hall–Kier alpha value is -1.65. The van der Waals surface area contributed by atoms with Crippen LogP contribution in [0.15, 0.2) is 35.1 Å². The van der Waals surface area contributed by atoms with Gasteiger partial charge in [0.25, 0.3) is 0 Å². The molecule has 3 rings (SSSR count). The fraction of sp³-hybridized carbons (Fsp3) is 0.412. The smallest absolute Gasteiger partial charge is 0.158 e. The lowest BCUT2D eigenvalue weighted by Gasteiger charge is -2.32. The molecule has 22 heavy (non-hydrogen) atoms. The average Bonchev–Trinajstić information content (AvgIpc) is 2.52. The lowest BCUT2D eigenvalue weighted by molar-refractivity contribution is 0.276. The summed E-state index contributed by atoms with van der Waals surface area (Å²) in [5.41, 5.74) is 3.68. The van der Waals surface area contributed by atoms with E-state index in [1.807, 2.05) is 0 Å². The number of phenolic OH excluding ortho intramolecular Hbond substituents is 2. The van der Waals surface area contributed by atoms with E-state index >= 15 is 0 Å². The van der Waals surface area contributed by atoms with Crippen LogP contribution in [0.4, 0.5) is 0 Å². The van der Waals surface area contributed by atoms with Crippen molar-refractivity contribution in [3.8, 4) is 11.5 Å². The van der Waals surface area contributed by atoms with Crippen molar-refractivity contribution in [1.82, 2.24) is 5.32 Å². The molecule has 0 saturated carbocycles. The quantitative estimate of drug-likeness (QED) is 0.590. The van der Waals surface area contributed by atoms with E-state index in [1.165, 1.54) is 17.2 Å². The van der Waals surface area contributed by atoms with E-state index in [-0.39, 0.29) is 17.5 Å². The number of phenols is 2. The molecule has 0 fully saturated rings. The van der Waals surface area contributed by atoms with E-state index in [2.05, 4.69) is 11.4 Å². The molecule has 5 heteroatoms. The first-order chi connectivity index (χ1) is 10.6. The fourth-order valence-electron chi connectivity index (χ4n) is 3.24. The third-order valence-electron chi connectivity index (χ3n) is 4.46. The van der Waals surface area contributed by atoms with Gasteiger partial charge >= 0.3 is 0 Å². The van der Waals surface area contributed by atoms with Gasteiger partial charge < -0.3 is 20.3 Å². The molecule has 1 heterocycles. The second-order valence-corrected chi connectivity index (χ2v) is 6.18. The Bertz CT molecular complexity index is 652. The van der Waals surface area contributed by atoms with Crippen molar-refractivity contribution in [3.05, 3.63) is 45.7 Å². The van der Waals surface area contributed by atoms with Crippen molar-refractivity contribution in [2.75, 3.05) is 13.7 Å². The molecular weight excluding hydrogens is 302 g/mol. The van der Waals surface area contributed by atoms with Crippen LogP contribution >= 0.6 is 11.6 Å². The molecule has 0 radical (unpaired) electrons. The zero-order chi connectivity index (χ0) is 15.7. The Balaban J connectivity index is 1.82. The Kier molecular flexibility index (Phi) is 4.32. The van der Waals surface area contributed by atoms with E-state index in [9.17, 15) is 10.2 Å². The van der Waals surface area contributed by atoms with E-state index in [0.717, 1.165) is 37.1 Å². The highest BCUT2D eigenvalue weighted by Crippen LogP contribution is 2.36. The van der Waals surface area contributed by atoms with Crippen LogP contribution in [0.3, 0.4) is 0 Å². The first kappa shape index (κ1) is 15.3. The predicted octanol–water partition coefficient (Wildman–Crippen LogP) is 3.28. The molecule has 3 N–H and O–H groups in total. The van der Waals surface area contributed by atoms with Crippen LogP contribution in [-0.4, -0.2) is 29.9 Å². The summed E-state index contributed by atoms with van der Waals surface area (Å²) in [6.45, 7) is 0.933. The number of hydrogen-bond donors (Lipinski definition) is 3. The Morgan fingerprint density at radius 2 is 2.09 bits per heavy atom. The number of nitrogens with one attached hydrogen (secondary N) is 1. The molecule has 2 aliphatic rings. The number of hydrogen-bond acceptors (Lipinski definition) is 4. The molecule has 1 aromatic rings. The lowest BCUT2D eigenvalue weighted by Crippen LogP contribution is -2.39. The topological polar surface area (TPSA) is 61.7 Å². The van der Waals surface area contributed by atoms with Crippen molar-refractivity contribution in [2.45, 2.75) is 31.7 Å². The molecule has 0 amide bonds. The maximum Gasteiger partial charge on any atom is 0.158 e. The second-order valence-electron chi connectivity index (χ2n) is 5.78. The van der Waals surface area contributed by atoms with E-state index in [1.54, 1.807) is 13.2 Å². The predicted molar refractivity (Wildman–Crippen MR) is 86.2 cm³/mol. The molecule has 0 spiro atoms. The monoisotopic (exact) mass is 321 g/mol. The Morgan fingerprint density at radius 3 is 2.86 bits per heavy atom. The minimum atomic E-state index is -0.185. The van der Waals surface area contributed by atoms with Gasteiger partial charge in [0.05, 0.1) is 12.9 Å². The summed E-state index contributed by atoms with van der Waals surface area (Å²) in [6, 6.07) is 3.15. The molecule has 1 aromatic carbocycles. The minimum Gasteiger partial charge on any atom is -0.504 e. The Labute approximate surface area is 135 Å². The Morgan fingerprint density at radius 1 is 1.32 bits per heavy atom. The standard InChI is InChI=1S/C17H20ClNO3/c1-22-12-2-3-13-10(6-12)4-5-19-15(13)7-11-8-16(20)17(21)9-14(11)18/h2,8-9,15,19-21H,3-7H2,1H3/t15-/m0/s1. The van der Waals surface area contributed by atoms with Crippen molar-refractivity contribution >= 4 is 11.6 Å². The summed E-state index contributed by atoms with van der Waals surface area (Å²) in [5.74, 6) is 0.727. The van der Waals surface area contributed by atoms with Crippen LogP contribution in [0, 0.1) is 0 Å². The molecule has 1 aliphatic heterocycles. The van der Waals surface area contributed by atoms with Crippen LogP contribution in [-0.2, 0) is 11.2 Å². The molecule has 1 aliphatic carbocycles. The van der Waals surface area contributed by atoms with Crippen molar-refractivity contribution in [3.63, 3.8) is 0 Å². The maximum absolute atomic E-state index is 9.69. The van der Waals surface area contributed by atoms with Crippen LogP contribution in [0.5, 0.6) is 11.5 Å². The SMILES string of the molecule is COC1=CCC2=C(CCN[C@H]2Cc2cc(O)c(O)cc2Cl)C1. The molecular formula is C17H20ClNO3. The summed E-state index contributed by atoms with van der Waals surface area (Å²) >= 11 is 6.19. The number of rotatable bonds is 3. The second kappa shape index (κ2) is 6.23. The molecule has 0 aromatic heterocycles. The fourth-order valence-corrected chi connectivity index (χ4v) is 3.48. The lowest BCUT2D eigenvalue weighted by atomic mass is 9.83.